The van der Waals surface area contributed by atoms with Gasteiger partial charge in [-0.2, -0.15) is 18.2 Å². The van der Waals surface area contributed by atoms with Crippen molar-refractivity contribution in [2.24, 2.45) is 0 Å². The van der Waals surface area contributed by atoms with E-state index in [0.29, 0.717) is 45.1 Å². The number of halogens is 3. The minimum atomic E-state index is -4.57. The highest BCUT2D eigenvalue weighted by Crippen LogP contribution is 2.34. The zero-order valence-electron chi connectivity index (χ0n) is 16.6. The quantitative estimate of drug-likeness (QED) is 0.700. The van der Waals surface area contributed by atoms with E-state index < -0.39 is 30.2 Å². The summed E-state index contributed by atoms with van der Waals surface area (Å²) in [5.41, 5.74) is -0.441. The summed E-state index contributed by atoms with van der Waals surface area (Å²) in [4.78, 5) is 37.6. The van der Waals surface area contributed by atoms with Gasteiger partial charge in [-0.15, -0.1) is 0 Å². The van der Waals surface area contributed by atoms with Crippen molar-refractivity contribution >= 4 is 17.7 Å². The van der Waals surface area contributed by atoms with Crippen LogP contribution in [0.15, 0.2) is 10.9 Å². The Hall–Kier alpha value is -2.34. The van der Waals surface area contributed by atoms with Gasteiger partial charge in [0.25, 0.3) is 11.5 Å². The van der Waals surface area contributed by atoms with Crippen molar-refractivity contribution < 1.29 is 27.5 Å². The summed E-state index contributed by atoms with van der Waals surface area (Å²) in [5, 5.41) is 1.08. The van der Waals surface area contributed by atoms with Crippen LogP contribution in [0.1, 0.15) is 19.8 Å². The average Bonchev–Trinajstić information content (AvgIpc) is 3.23. The van der Waals surface area contributed by atoms with Crippen LogP contribution in [0.4, 0.5) is 24.9 Å². The summed E-state index contributed by atoms with van der Waals surface area (Å²) in [7, 11) is 0. The van der Waals surface area contributed by atoms with Gasteiger partial charge >= 0.3 is 6.18 Å². The van der Waals surface area contributed by atoms with Gasteiger partial charge in [0, 0.05) is 19.2 Å². The molecule has 0 aliphatic carbocycles. The van der Waals surface area contributed by atoms with Crippen molar-refractivity contribution in [2.45, 2.75) is 44.6 Å². The maximum absolute atomic E-state index is 13.8. The Morgan fingerprint density at radius 3 is 2.73 bits per heavy atom. The van der Waals surface area contributed by atoms with Crippen LogP contribution in [0, 0.1) is 0 Å². The molecule has 0 spiro atoms. The molecule has 0 N–H and O–H groups in total. The monoisotopic (exact) mass is 431 g/mol. The molecule has 3 aliphatic heterocycles. The number of amides is 1. The number of ether oxygens (including phenoxy) is 1. The summed E-state index contributed by atoms with van der Waals surface area (Å²) >= 11 is 0. The Bertz CT molecular complexity index is 855. The number of anilines is 2. The lowest BCUT2D eigenvalue weighted by molar-refractivity contribution is -0.170. The second kappa shape index (κ2) is 8.06. The first-order valence-corrected chi connectivity index (χ1v) is 9.98. The molecule has 0 radical (unpaired) electrons. The molecule has 2 atom stereocenters. The number of nitrogens with zero attached hydrogens (tertiary/aromatic N) is 5. The third-order valence-corrected chi connectivity index (χ3v) is 5.61. The molecule has 9 nitrogen and oxygen atoms in total. The minimum Gasteiger partial charge on any atom is -0.377 e. The van der Waals surface area contributed by atoms with E-state index in [-0.39, 0.29) is 25.0 Å². The van der Waals surface area contributed by atoms with Gasteiger partial charge in [-0.25, -0.2) is 5.06 Å². The van der Waals surface area contributed by atoms with Crippen LogP contribution >= 0.6 is 0 Å². The summed E-state index contributed by atoms with van der Waals surface area (Å²) in [6, 6.07) is -0.653. The molecule has 2 fully saturated rings. The van der Waals surface area contributed by atoms with E-state index in [9.17, 15) is 22.8 Å². The lowest BCUT2D eigenvalue weighted by Crippen LogP contribution is -2.55. The molecular formula is C18H24F3N5O4. The number of hydroxylamine groups is 2. The number of hydrogen-bond acceptors (Lipinski definition) is 7. The van der Waals surface area contributed by atoms with Gasteiger partial charge in [0.15, 0.2) is 0 Å². The highest BCUT2D eigenvalue weighted by molar-refractivity contribution is 5.80. The van der Waals surface area contributed by atoms with Crippen LogP contribution in [-0.4, -0.2) is 78.2 Å². The summed E-state index contributed by atoms with van der Waals surface area (Å²) in [6.45, 7) is 3.22. The lowest BCUT2D eigenvalue weighted by Gasteiger charge is -2.40. The third kappa shape index (κ3) is 3.97. The Kier molecular flexibility index (Phi) is 5.62. The maximum atomic E-state index is 13.8. The fourth-order valence-electron chi connectivity index (χ4n) is 4.06. The van der Waals surface area contributed by atoms with Crippen LogP contribution < -0.4 is 15.4 Å². The predicted molar refractivity (Wildman–Crippen MR) is 100 cm³/mol. The highest BCUT2D eigenvalue weighted by atomic mass is 19.4. The summed E-state index contributed by atoms with van der Waals surface area (Å²) in [5.74, 6) is -0.438. The number of carbonyl (C=O) groups excluding carboxylic acids is 1. The molecular weight excluding hydrogens is 407 g/mol. The van der Waals surface area contributed by atoms with Crippen molar-refractivity contribution in [1.82, 2.24) is 14.6 Å². The number of morpholine rings is 1. The molecule has 1 aromatic heterocycles. The molecule has 12 heteroatoms. The van der Waals surface area contributed by atoms with Crippen molar-refractivity contribution in [2.75, 3.05) is 49.3 Å². The Morgan fingerprint density at radius 1 is 1.27 bits per heavy atom. The van der Waals surface area contributed by atoms with E-state index in [1.807, 2.05) is 11.8 Å². The van der Waals surface area contributed by atoms with Gasteiger partial charge in [0.05, 0.1) is 32.4 Å². The van der Waals surface area contributed by atoms with Gasteiger partial charge < -0.3 is 14.5 Å². The first kappa shape index (κ1) is 20.9. The van der Waals surface area contributed by atoms with E-state index in [1.165, 1.54) is 10.6 Å². The van der Waals surface area contributed by atoms with Crippen molar-refractivity contribution in [3.8, 4) is 0 Å². The van der Waals surface area contributed by atoms with E-state index in [4.69, 9.17) is 9.57 Å². The molecule has 0 saturated carbocycles. The molecule has 4 heterocycles. The van der Waals surface area contributed by atoms with E-state index >= 15 is 0 Å². The number of carbonyl (C=O) groups is 1. The van der Waals surface area contributed by atoms with Gasteiger partial charge in [-0.1, -0.05) is 0 Å². The van der Waals surface area contributed by atoms with Crippen molar-refractivity contribution in [3.63, 3.8) is 0 Å². The standard InChI is InChI=1S/C18H24F3N5O4/c1-12-11-29-8-6-23(12)14-9-15(27)24-5-3-13(18(19,20)21)25(17(24)22-14)10-16(28)26-4-2-7-30-26/h9,12-13H,2-8,10-11H2,1H3. The summed E-state index contributed by atoms with van der Waals surface area (Å²) < 4.78 is 48.0. The smallest absolute Gasteiger partial charge is 0.377 e. The zero-order chi connectivity index (χ0) is 21.5. The molecule has 30 heavy (non-hydrogen) atoms. The van der Waals surface area contributed by atoms with Gasteiger partial charge in [0.2, 0.25) is 5.95 Å². The van der Waals surface area contributed by atoms with E-state index in [2.05, 4.69) is 4.98 Å². The molecule has 0 bridgehead atoms. The van der Waals surface area contributed by atoms with E-state index in [0.717, 1.165) is 9.96 Å². The minimum absolute atomic E-state index is 0.0798. The highest BCUT2D eigenvalue weighted by Gasteiger charge is 2.48. The normalized spacial score (nSPS) is 24.9. The van der Waals surface area contributed by atoms with Crippen LogP contribution in [0.25, 0.3) is 0 Å². The van der Waals surface area contributed by atoms with E-state index in [1.54, 1.807) is 0 Å². The molecule has 1 aromatic rings. The topological polar surface area (TPSA) is 80.1 Å². The molecule has 4 rings (SSSR count). The average molecular weight is 431 g/mol. The Balaban J connectivity index is 1.72. The second-order valence-electron chi connectivity index (χ2n) is 7.68. The molecule has 1 amide bonds. The number of aromatic nitrogens is 2. The predicted octanol–water partition coefficient (Wildman–Crippen LogP) is 0.773. The zero-order valence-corrected chi connectivity index (χ0v) is 16.6. The van der Waals surface area contributed by atoms with Crippen LogP contribution in [0.2, 0.25) is 0 Å². The lowest BCUT2D eigenvalue weighted by atomic mass is 10.1. The second-order valence-corrected chi connectivity index (χ2v) is 7.68. The van der Waals surface area contributed by atoms with Crippen LogP contribution in [0.5, 0.6) is 0 Å². The van der Waals surface area contributed by atoms with Crippen molar-refractivity contribution in [1.29, 1.82) is 0 Å². The molecule has 0 aromatic carbocycles. The fraction of sp³-hybridized carbons (Fsp3) is 0.722. The maximum Gasteiger partial charge on any atom is 0.408 e. The number of alkyl halides is 3. The van der Waals surface area contributed by atoms with Gasteiger partial charge in [-0.3, -0.25) is 19.0 Å². The fourth-order valence-corrected chi connectivity index (χ4v) is 4.06. The largest absolute Gasteiger partial charge is 0.408 e. The third-order valence-electron chi connectivity index (χ3n) is 5.61. The first-order chi connectivity index (χ1) is 14.3. The van der Waals surface area contributed by atoms with Gasteiger partial charge in [-0.05, 0) is 19.8 Å². The number of rotatable bonds is 3. The molecule has 2 unspecified atom stereocenters. The summed E-state index contributed by atoms with van der Waals surface area (Å²) in [6.07, 6.45) is -4.28. The van der Waals surface area contributed by atoms with Crippen LogP contribution in [-0.2, 0) is 20.9 Å². The Morgan fingerprint density at radius 2 is 2.07 bits per heavy atom. The molecule has 3 aliphatic rings. The number of hydrogen-bond donors (Lipinski definition) is 0. The molecule has 166 valence electrons. The number of fused-ring (bicyclic) bond motifs is 1. The SMILES string of the molecule is CC1COCCN1c1cc(=O)n2c(n1)N(CC(=O)N1CCCO1)C(C(F)(F)F)CC2. The Labute approximate surface area is 170 Å². The van der Waals surface area contributed by atoms with Gasteiger partial charge in [0.1, 0.15) is 18.4 Å². The molecule has 2 saturated heterocycles. The van der Waals surface area contributed by atoms with Crippen molar-refractivity contribution in [3.05, 3.63) is 16.4 Å². The van der Waals surface area contributed by atoms with Crippen LogP contribution in [0.3, 0.4) is 0 Å². The first-order valence-electron chi connectivity index (χ1n) is 9.98.